The number of nitrogens with zero attached hydrogens (tertiary/aromatic N) is 4. The van der Waals surface area contributed by atoms with E-state index in [1.807, 2.05) is 6.92 Å². The van der Waals surface area contributed by atoms with E-state index < -0.39 is 0 Å². The van der Waals surface area contributed by atoms with Crippen LogP contribution in [0.15, 0.2) is 10.0 Å². The van der Waals surface area contributed by atoms with Crippen molar-refractivity contribution in [2.75, 3.05) is 44.3 Å². The smallest absolute Gasteiger partial charge is 0.244 e. The SMILES string of the molecule is CC1=NC2c3c(nc(N4CCOCC4)c4c3CCCC4)SC2C(=O)N1CCN. The average molecular weight is 402 g/mol. The fourth-order valence-electron chi connectivity index (χ4n) is 4.87. The van der Waals surface area contributed by atoms with Crippen molar-refractivity contribution in [1.82, 2.24) is 9.88 Å². The maximum Gasteiger partial charge on any atom is 0.244 e. The van der Waals surface area contributed by atoms with E-state index in [1.165, 1.54) is 29.5 Å². The van der Waals surface area contributed by atoms with Crippen LogP contribution in [0.4, 0.5) is 5.82 Å². The summed E-state index contributed by atoms with van der Waals surface area (Å²) in [5, 5.41) is 0.806. The largest absolute Gasteiger partial charge is 0.378 e. The lowest BCUT2D eigenvalue weighted by molar-refractivity contribution is -0.127. The number of thioether (sulfide) groups is 1. The number of carbonyl (C=O) groups is 1. The van der Waals surface area contributed by atoms with E-state index in [-0.39, 0.29) is 17.2 Å². The highest BCUT2D eigenvalue weighted by Gasteiger charge is 2.47. The molecular weight excluding hydrogens is 374 g/mol. The number of hydrogen-bond acceptors (Lipinski definition) is 7. The normalized spacial score (nSPS) is 26.6. The second kappa shape index (κ2) is 7.31. The zero-order chi connectivity index (χ0) is 19.3. The van der Waals surface area contributed by atoms with E-state index in [0.717, 1.165) is 55.8 Å². The molecule has 1 amide bonds. The monoisotopic (exact) mass is 401 g/mol. The Labute approximate surface area is 169 Å². The summed E-state index contributed by atoms with van der Waals surface area (Å²) in [6.45, 7) is 6.17. The molecule has 0 spiro atoms. The number of fused-ring (bicyclic) bond motifs is 5. The Kier molecular flexibility index (Phi) is 4.80. The zero-order valence-electron chi connectivity index (χ0n) is 16.3. The van der Waals surface area contributed by atoms with Gasteiger partial charge in [-0.05, 0) is 43.7 Å². The number of rotatable bonds is 3. The summed E-state index contributed by atoms with van der Waals surface area (Å²) in [6.07, 6.45) is 4.54. The minimum atomic E-state index is -0.205. The number of amides is 1. The molecule has 1 aromatic heterocycles. The van der Waals surface area contributed by atoms with Crippen LogP contribution in [-0.4, -0.2) is 66.3 Å². The standard InChI is InChI=1S/C20H27N5O2S/c1-12-22-16-15-13-4-2-3-5-14(13)18(24-8-10-27-11-9-24)23-19(15)28-17(16)20(26)25(12)7-6-21/h16-17H,2-11,21H2,1H3. The number of morpholine rings is 1. The number of pyridine rings is 1. The van der Waals surface area contributed by atoms with Crippen molar-refractivity contribution in [1.29, 1.82) is 0 Å². The summed E-state index contributed by atoms with van der Waals surface area (Å²) in [4.78, 5) is 27.3. The molecule has 3 aliphatic heterocycles. The van der Waals surface area contributed by atoms with E-state index in [2.05, 4.69) is 4.90 Å². The van der Waals surface area contributed by atoms with Crippen LogP contribution in [0.1, 0.15) is 42.5 Å². The number of amidine groups is 1. The fraction of sp³-hybridized carbons (Fsp3) is 0.650. The predicted octanol–water partition coefficient (Wildman–Crippen LogP) is 1.53. The molecule has 4 heterocycles. The van der Waals surface area contributed by atoms with Gasteiger partial charge in [0.05, 0.1) is 13.2 Å². The third kappa shape index (κ3) is 2.84. The van der Waals surface area contributed by atoms with Crippen molar-refractivity contribution in [3.8, 4) is 0 Å². The van der Waals surface area contributed by atoms with Crippen LogP contribution in [0.2, 0.25) is 0 Å². The summed E-state index contributed by atoms with van der Waals surface area (Å²) in [5.41, 5.74) is 9.74. The Morgan fingerprint density at radius 1 is 1.21 bits per heavy atom. The minimum absolute atomic E-state index is 0.0976. The molecule has 2 atom stereocenters. The number of hydrogen-bond donors (Lipinski definition) is 1. The molecule has 28 heavy (non-hydrogen) atoms. The molecule has 0 radical (unpaired) electrons. The highest BCUT2D eigenvalue weighted by molar-refractivity contribution is 8.01. The molecular formula is C20H27N5O2S. The zero-order valence-corrected chi connectivity index (χ0v) is 17.1. The van der Waals surface area contributed by atoms with Crippen LogP contribution in [-0.2, 0) is 22.4 Å². The summed E-state index contributed by atoms with van der Waals surface area (Å²) in [6, 6.07) is -0.0976. The summed E-state index contributed by atoms with van der Waals surface area (Å²) < 4.78 is 5.54. The van der Waals surface area contributed by atoms with E-state index in [9.17, 15) is 4.79 Å². The molecule has 0 saturated carbocycles. The van der Waals surface area contributed by atoms with E-state index in [4.69, 9.17) is 20.4 Å². The lowest BCUT2D eigenvalue weighted by Gasteiger charge is -2.34. The molecule has 2 unspecified atom stereocenters. The molecule has 0 aromatic carbocycles. The van der Waals surface area contributed by atoms with Crippen LogP contribution in [0.3, 0.4) is 0 Å². The van der Waals surface area contributed by atoms with Gasteiger partial charge in [-0.3, -0.25) is 14.7 Å². The molecule has 7 nitrogen and oxygen atoms in total. The molecule has 2 N–H and O–H groups in total. The van der Waals surface area contributed by atoms with E-state index >= 15 is 0 Å². The maximum absolute atomic E-state index is 13.1. The highest BCUT2D eigenvalue weighted by atomic mass is 32.2. The molecule has 150 valence electrons. The van der Waals surface area contributed by atoms with Gasteiger partial charge in [0, 0.05) is 31.7 Å². The van der Waals surface area contributed by atoms with Gasteiger partial charge >= 0.3 is 0 Å². The van der Waals surface area contributed by atoms with Crippen molar-refractivity contribution in [2.24, 2.45) is 10.7 Å². The first-order chi connectivity index (χ1) is 13.7. The average Bonchev–Trinajstić information content (AvgIpc) is 3.10. The van der Waals surface area contributed by atoms with Crippen molar-refractivity contribution >= 4 is 29.3 Å². The van der Waals surface area contributed by atoms with Gasteiger partial charge in [0.1, 0.15) is 28.0 Å². The Balaban J connectivity index is 1.59. The summed E-state index contributed by atoms with van der Waals surface area (Å²) in [5.74, 6) is 2.03. The number of ether oxygens (including phenoxy) is 1. The van der Waals surface area contributed by atoms with Gasteiger partial charge < -0.3 is 15.4 Å². The van der Waals surface area contributed by atoms with Gasteiger partial charge in [-0.15, -0.1) is 0 Å². The Hall–Kier alpha value is -1.64. The van der Waals surface area contributed by atoms with Gasteiger partial charge in [0.2, 0.25) is 5.91 Å². The molecule has 1 saturated heterocycles. The van der Waals surface area contributed by atoms with Gasteiger partial charge in [0.15, 0.2) is 0 Å². The van der Waals surface area contributed by atoms with Crippen LogP contribution >= 0.6 is 11.8 Å². The van der Waals surface area contributed by atoms with Gasteiger partial charge in [-0.1, -0.05) is 11.8 Å². The maximum atomic E-state index is 13.1. The molecule has 1 aromatic rings. The molecule has 5 rings (SSSR count). The van der Waals surface area contributed by atoms with E-state index in [1.54, 1.807) is 16.7 Å². The van der Waals surface area contributed by atoms with Crippen molar-refractivity contribution in [2.45, 2.75) is 48.9 Å². The fourth-order valence-corrected chi connectivity index (χ4v) is 6.18. The summed E-state index contributed by atoms with van der Waals surface area (Å²) in [7, 11) is 0. The quantitative estimate of drug-likeness (QED) is 0.827. The Bertz CT molecular complexity index is 836. The third-order valence-electron chi connectivity index (χ3n) is 6.21. The van der Waals surface area contributed by atoms with Crippen LogP contribution in [0.5, 0.6) is 0 Å². The molecule has 4 aliphatic rings. The van der Waals surface area contributed by atoms with Crippen molar-refractivity contribution in [3.05, 3.63) is 16.7 Å². The number of carbonyl (C=O) groups excluding carboxylic acids is 1. The number of aromatic nitrogens is 1. The lowest BCUT2D eigenvalue weighted by atomic mass is 9.85. The Morgan fingerprint density at radius 2 is 1.96 bits per heavy atom. The molecule has 0 bridgehead atoms. The topological polar surface area (TPSA) is 84.0 Å². The van der Waals surface area contributed by atoms with Crippen LogP contribution in [0, 0.1) is 0 Å². The summed E-state index contributed by atoms with van der Waals surface area (Å²) >= 11 is 1.60. The number of nitrogens with two attached hydrogens (primary N) is 1. The molecule has 1 aliphatic carbocycles. The van der Waals surface area contributed by atoms with Crippen LogP contribution < -0.4 is 10.6 Å². The predicted molar refractivity (Wildman–Crippen MR) is 110 cm³/mol. The third-order valence-corrected chi connectivity index (χ3v) is 7.46. The van der Waals surface area contributed by atoms with Crippen molar-refractivity contribution in [3.63, 3.8) is 0 Å². The van der Waals surface area contributed by atoms with Crippen LogP contribution in [0.25, 0.3) is 0 Å². The highest BCUT2D eigenvalue weighted by Crippen LogP contribution is 2.52. The first-order valence-electron chi connectivity index (χ1n) is 10.3. The minimum Gasteiger partial charge on any atom is -0.378 e. The molecule has 8 heteroatoms. The Morgan fingerprint density at radius 3 is 2.71 bits per heavy atom. The lowest BCUT2D eigenvalue weighted by Crippen LogP contribution is -2.47. The first-order valence-corrected chi connectivity index (χ1v) is 11.2. The van der Waals surface area contributed by atoms with Crippen molar-refractivity contribution < 1.29 is 9.53 Å². The number of anilines is 1. The van der Waals surface area contributed by atoms with E-state index in [0.29, 0.717) is 13.1 Å². The number of aliphatic imine (C=N–C) groups is 1. The first kappa shape index (κ1) is 18.4. The second-order valence-corrected chi connectivity index (χ2v) is 8.99. The van der Waals surface area contributed by atoms with Gasteiger partial charge in [0.25, 0.3) is 0 Å². The van der Waals surface area contributed by atoms with Gasteiger partial charge in [-0.25, -0.2) is 4.98 Å². The second-order valence-electron chi connectivity index (χ2n) is 7.86. The molecule has 1 fully saturated rings. The van der Waals surface area contributed by atoms with Gasteiger partial charge in [-0.2, -0.15) is 0 Å².